The standard InChI is InChI=1S/C23H33N3O2/c27-22(20-4-3-18-7-11-24-12-8-19(18)17-20)5-6-23(28)26-15-9-21(10-16-26)25-13-1-2-14-25/h3-4,17,21,24H,1-2,5-16H2. The van der Waals surface area contributed by atoms with Gasteiger partial charge in [0, 0.05) is 37.5 Å². The van der Waals surface area contributed by atoms with Crippen molar-refractivity contribution in [2.75, 3.05) is 39.3 Å². The van der Waals surface area contributed by atoms with Crippen molar-refractivity contribution in [3.8, 4) is 0 Å². The molecule has 3 aliphatic heterocycles. The molecule has 3 heterocycles. The van der Waals surface area contributed by atoms with E-state index in [9.17, 15) is 9.59 Å². The Labute approximate surface area is 168 Å². The molecule has 2 fully saturated rings. The van der Waals surface area contributed by atoms with Crippen molar-refractivity contribution in [1.29, 1.82) is 0 Å². The van der Waals surface area contributed by atoms with Crippen LogP contribution in [-0.4, -0.2) is 66.8 Å². The summed E-state index contributed by atoms with van der Waals surface area (Å²) >= 11 is 0. The zero-order chi connectivity index (χ0) is 19.3. The molecule has 5 heteroatoms. The van der Waals surface area contributed by atoms with Gasteiger partial charge in [0.1, 0.15) is 0 Å². The highest BCUT2D eigenvalue weighted by Crippen LogP contribution is 2.22. The van der Waals surface area contributed by atoms with E-state index in [1.807, 2.05) is 11.0 Å². The maximum absolute atomic E-state index is 12.6. The lowest BCUT2D eigenvalue weighted by Gasteiger charge is -2.36. The van der Waals surface area contributed by atoms with Gasteiger partial charge in [-0.25, -0.2) is 0 Å². The summed E-state index contributed by atoms with van der Waals surface area (Å²) in [7, 11) is 0. The molecule has 1 aromatic rings. The van der Waals surface area contributed by atoms with E-state index in [0.29, 0.717) is 18.9 Å². The second-order valence-electron chi connectivity index (χ2n) is 8.51. The Morgan fingerprint density at radius 2 is 1.64 bits per heavy atom. The Morgan fingerprint density at radius 1 is 0.929 bits per heavy atom. The van der Waals surface area contributed by atoms with Gasteiger partial charge in [-0.3, -0.25) is 9.59 Å². The molecule has 1 amide bonds. The normalized spacial score (nSPS) is 21.4. The largest absolute Gasteiger partial charge is 0.343 e. The summed E-state index contributed by atoms with van der Waals surface area (Å²) in [6.07, 6.45) is 7.46. The highest BCUT2D eigenvalue weighted by Gasteiger charge is 2.28. The lowest BCUT2D eigenvalue weighted by Crippen LogP contribution is -2.45. The highest BCUT2D eigenvalue weighted by atomic mass is 16.2. The van der Waals surface area contributed by atoms with Crippen LogP contribution < -0.4 is 5.32 Å². The maximum Gasteiger partial charge on any atom is 0.223 e. The average Bonchev–Trinajstić information content (AvgIpc) is 3.17. The first-order chi connectivity index (χ1) is 13.7. The van der Waals surface area contributed by atoms with Gasteiger partial charge in [-0.1, -0.05) is 12.1 Å². The van der Waals surface area contributed by atoms with Crippen LogP contribution in [-0.2, 0) is 17.6 Å². The number of nitrogens with one attached hydrogen (secondary N) is 1. The van der Waals surface area contributed by atoms with Gasteiger partial charge in [-0.2, -0.15) is 0 Å². The molecule has 5 nitrogen and oxygen atoms in total. The van der Waals surface area contributed by atoms with Crippen LogP contribution in [0.15, 0.2) is 18.2 Å². The zero-order valence-corrected chi connectivity index (χ0v) is 16.9. The topological polar surface area (TPSA) is 52.7 Å². The number of hydrogen-bond donors (Lipinski definition) is 1. The van der Waals surface area contributed by atoms with Crippen LogP contribution >= 0.6 is 0 Å². The first-order valence-corrected chi connectivity index (χ1v) is 11.1. The molecule has 0 aromatic heterocycles. The van der Waals surface area contributed by atoms with Crippen LogP contribution in [0, 0.1) is 0 Å². The van der Waals surface area contributed by atoms with E-state index >= 15 is 0 Å². The van der Waals surface area contributed by atoms with E-state index in [4.69, 9.17) is 0 Å². The van der Waals surface area contributed by atoms with Crippen LogP contribution in [0.4, 0.5) is 0 Å². The molecule has 0 saturated carbocycles. The fraction of sp³-hybridized carbons (Fsp3) is 0.652. The van der Waals surface area contributed by atoms with Crippen molar-refractivity contribution in [3.05, 3.63) is 34.9 Å². The van der Waals surface area contributed by atoms with Gasteiger partial charge in [0.25, 0.3) is 0 Å². The number of carbonyl (C=O) groups is 2. The molecule has 152 valence electrons. The van der Waals surface area contributed by atoms with Crippen LogP contribution in [0.1, 0.15) is 60.0 Å². The van der Waals surface area contributed by atoms with Gasteiger partial charge in [0.15, 0.2) is 5.78 Å². The molecule has 0 radical (unpaired) electrons. The Morgan fingerprint density at radius 3 is 2.39 bits per heavy atom. The molecular weight excluding hydrogens is 350 g/mol. The molecule has 1 N–H and O–H groups in total. The molecule has 0 atom stereocenters. The quantitative estimate of drug-likeness (QED) is 0.794. The predicted octanol–water partition coefficient (Wildman–Crippen LogP) is 2.42. The minimum absolute atomic E-state index is 0.0975. The number of piperidine rings is 1. The SMILES string of the molecule is O=C(CCC(=O)N1CCC(N2CCCC2)CC1)c1ccc2c(c1)CCNCC2. The smallest absolute Gasteiger partial charge is 0.223 e. The van der Waals surface area contributed by atoms with E-state index < -0.39 is 0 Å². The van der Waals surface area contributed by atoms with E-state index in [-0.39, 0.29) is 11.7 Å². The Balaban J connectivity index is 1.25. The number of benzene rings is 1. The number of hydrogen-bond acceptors (Lipinski definition) is 4. The van der Waals surface area contributed by atoms with Crippen LogP contribution in [0.2, 0.25) is 0 Å². The lowest BCUT2D eigenvalue weighted by molar-refractivity contribution is -0.132. The van der Waals surface area contributed by atoms with Crippen molar-refractivity contribution < 1.29 is 9.59 Å². The molecule has 2 saturated heterocycles. The van der Waals surface area contributed by atoms with Crippen molar-refractivity contribution >= 4 is 11.7 Å². The molecule has 3 aliphatic rings. The molecule has 0 bridgehead atoms. The zero-order valence-electron chi connectivity index (χ0n) is 16.9. The first-order valence-electron chi connectivity index (χ1n) is 11.1. The summed E-state index contributed by atoms with van der Waals surface area (Å²) in [6, 6.07) is 6.75. The van der Waals surface area contributed by atoms with E-state index in [2.05, 4.69) is 22.3 Å². The van der Waals surface area contributed by atoms with Gasteiger partial charge < -0.3 is 15.1 Å². The molecular formula is C23H33N3O2. The van der Waals surface area contributed by atoms with Gasteiger partial charge in [-0.05, 0) is 81.9 Å². The minimum Gasteiger partial charge on any atom is -0.343 e. The second kappa shape index (κ2) is 9.19. The van der Waals surface area contributed by atoms with Crippen LogP contribution in [0.25, 0.3) is 0 Å². The number of rotatable bonds is 5. The van der Waals surface area contributed by atoms with Gasteiger partial charge in [0.05, 0.1) is 0 Å². The van der Waals surface area contributed by atoms with Crippen molar-refractivity contribution in [2.24, 2.45) is 0 Å². The number of fused-ring (bicyclic) bond motifs is 1. The molecule has 0 aliphatic carbocycles. The molecule has 0 unspecified atom stereocenters. The highest BCUT2D eigenvalue weighted by molar-refractivity contribution is 5.98. The Bertz CT molecular complexity index is 704. The van der Waals surface area contributed by atoms with Gasteiger partial charge in [0.2, 0.25) is 5.91 Å². The third-order valence-corrected chi connectivity index (χ3v) is 6.71. The summed E-state index contributed by atoms with van der Waals surface area (Å²) in [4.78, 5) is 29.8. The fourth-order valence-corrected chi connectivity index (χ4v) is 4.96. The van der Waals surface area contributed by atoms with E-state index in [1.54, 1.807) is 0 Å². The molecule has 1 aromatic carbocycles. The summed E-state index contributed by atoms with van der Waals surface area (Å²) in [6.45, 7) is 6.12. The van der Waals surface area contributed by atoms with E-state index in [1.165, 1.54) is 37.1 Å². The number of ketones is 1. The van der Waals surface area contributed by atoms with Gasteiger partial charge >= 0.3 is 0 Å². The number of nitrogens with zero attached hydrogens (tertiary/aromatic N) is 2. The molecule has 28 heavy (non-hydrogen) atoms. The third-order valence-electron chi connectivity index (χ3n) is 6.71. The van der Waals surface area contributed by atoms with Crippen LogP contribution in [0.5, 0.6) is 0 Å². The van der Waals surface area contributed by atoms with Crippen molar-refractivity contribution in [1.82, 2.24) is 15.1 Å². The van der Waals surface area contributed by atoms with Crippen molar-refractivity contribution in [3.63, 3.8) is 0 Å². The Kier molecular flexibility index (Phi) is 6.43. The summed E-state index contributed by atoms with van der Waals surface area (Å²) in [5, 5.41) is 3.40. The Hall–Kier alpha value is -1.72. The van der Waals surface area contributed by atoms with E-state index in [0.717, 1.165) is 57.4 Å². The second-order valence-corrected chi connectivity index (χ2v) is 8.51. The lowest BCUT2D eigenvalue weighted by atomic mass is 9.97. The summed E-state index contributed by atoms with van der Waals surface area (Å²) < 4.78 is 0. The molecule has 4 rings (SSSR count). The van der Waals surface area contributed by atoms with Crippen LogP contribution in [0.3, 0.4) is 0 Å². The maximum atomic E-state index is 12.6. The third kappa shape index (κ3) is 4.64. The molecule has 0 spiro atoms. The fourth-order valence-electron chi connectivity index (χ4n) is 4.96. The predicted molar refractivity (Wildman–Crippen MR) is 111 cm³/mol. The number of carbonyl (C=O) groups excluding carboxylic acids is 2. The average molecular weight is 384 g/mol. The van der Waals surface area contributed by atoms with Gasteiger partial charge in [-0.15, -0.1) is 0 Å². The summed E-state index contributed by atoms with van der Waals surface area (Å²) in [5.41, 5.74) is 3.39. The number of likely N-dealkylation sites (tertiary alicyclic amines) is 2. The number of Topliss-reactive ketones (excluding diaryl/α,β-unsaturated/α-hetero) is 1. The monoisotopic (exact) mass is 383 g/mol. The summed E-state index contributed by atoms with van der Waals surface area (Å²) in [5.74, 6) is 0.243. The number of amides is 1. The van der Waals surface area contributed by atoms with Crippen molar-refractivity contribution in [2.45, 2.75) is 57.4 Å². The minimum atomic E-state index is 0.0975. The first kappa shape index (κ1) is 19.6.